The van der Waals surface area contributed by atoms with Gasteiger partial charge in [-0.05, 0) is 48.5 Å². The summed E-state index contributed by atoms with van der Waals surface area (Å²) in [4.78, 5) is 38.1. The summed E-state index contributed by atoms with van der Waals surface area (Å²) < 4.78 is 10.9. The minimum Gasteiger partial charge on any atom is -0.493 e. The van der Waals surface area contributed by atoms with Gasteiger partial charge in [0.15, 0.2) is 17.3 Å². The van der Waals surface area contributed by atoms with E-state index < -0.39 is 5.97 Å². The summed E-state index contributed by atoms with van der Waals surface area (Å²) in [6, 6.07) is 19.8. The van der Waals surface area contributed by atoms with Crippen molar-refractivity contribution in [3.05, 3.63) is 90.9 Å². The summed E-state index contributed by atoms with van der Waals surface area (Å²) in [6.07, 6.45) is 4.85. The summed E-state index contributed by atoms with van der Waals surface area (Å²) in [5, 5.41) is 14.8. The van der Waals surface area contributed by atoms with Crippen molar-refractivity contribution in [2.24, 2.45) is 0 Å². The maximum atomic E-state index is 12.7. The Bertz CT molecular complexity index is 1920. The van der Waals surface area contributed by atoms with Crippen molar-refractivity contribution < 1.29 is 19.1 Å². The molecule has 0 radical (unpaired) electrons. The van der Waals surface area contributed by atoms with E-state index in [0.29, 0.717) is 45.1 Å². The second-order valence-electron chi connectivity index (χ2n) is 9.08. The van der Waals surface area contributed by atoms with Crippen LogP contribution in [0.1, 0.15) is 17.3 Å². The highest BCUT2D eigenvalue weighted by Crippen LogP contribution is 2.37. The largest absolute Gasteiger partial charge is 0.493 e. The number of nitrogens with one attached hydrogen (secondary N) is 3. The van der Waals surface area contributed by atoms with Gasteiger partial charge < -0.3 is 20.1 Å². The van der Waals surface area contributed by atoms with Crippen molar-refractivity contribution in [1.29, 1.82) is 0 Å². The van der Waals surface area contributed by atoms with Crippen LogP contribution >= 0.6 is 0 Å². The maximum Gasteiger partial charge on any atom is 0.308 e. The van der Waals surface area contributed by atoms with Crippen LogP contribution in [0.2, 0.25) is 0 Å². The van der Waals surface area contributed by atoms with Gasteiger partial charge in [0, 0.05) is 53.1 Å². The first-order chi connectivity index (χ1) is 20.0. The average Bonchev–Trinajstić information content (AvgIpc) is 3.45. The minimum atomic E-state index is -0.481. The van der Waals surface area contributed by atoms with Crippen molar-refractivity contribution in [1.82, 2.24) is 25.1 Å². The van der Waals surface area contributed by atoms with Crippen LogP contribution in [-0.4, -0.2) is 44.1 Å². The number of fused-ring (bicyclic) bond motifs is 2. The summed E-state index contributed by atoms with van der Waals surface area (Å²) in [7, 11) is 1.49. The molecule has 3 heterocycles. The van der Waals surface area contributed by atoms with Gasteiger partial charge in [-0.15, -0.1) is 0 Å². The zero-order valence-corrected chi connectivity index (χ0v) is 22.0. The predicted molar refractivity (Wildman–Crippen MR) is 154 cm³/mol. The monoisotopic (exact) mass is 545 g/mol. The molecule has 0 fully saturated rings. The van der Waals surface area contributed by atoms with Crippen molar-refractivity contribution in [2.45, 2.75) is 6.92 Å². The molecular formula is C30H23N7O4. The molecule has 0 bridgehead atoms. The number of H-pyrrole nitrogens is 1. The van der Waals surface area contributed by atoms with Gasteiger partial charge in [0.25, 0.3) is 5.91 Å². The Balaban J connectivity index is 1.44. The molecule has 0 aliphatic heterocycles. The fourth-order valence-corrected chi connectivity index (χ4v) is 4.35. The number of methoxy groups -OCH3 is 1. The Morgan fingerprint density at radius 3 is 2.61 bits per heavy atom. The number of benzene rings is 3. The van der Waals surface area contributed by atoms with Gasteiger partial charge in [0.1, 0.15) is 5.82 Å². The number of ether oxygens (including phenoxy) is 2. The topological polar surface area (TPSA) is 144 Å². The van der Waals surface area contributed by atoms with Crippen LogP contribution in [-0.2, 0) is 4.79 Å². The molecule has 6 aromatic rings. The van der Waals surface area contributed by atoms with Crippen LogP contribution in [0.3, 0.4) is 0 Å². The normalized spacial score (nSPS) is 10.9. The Hall–Kier alpha value is -5.84. The fraction of sp³-hybridized carbons (Fsp3) is 0.0667. The van der Waals surface area contributed by atoms with Crippen molar-refractivity contribution in [3.8, 4) is 22.9 Å². The van der Waals surface area contributed by atoms with Gasteiger partial charge in [-0.2, -0.15) is 5.10 Å². The van der Waals surface area contributed by atoms with Gasteiger partial charge >= 0.3 is 5.97 Å². The Morgan fingerprint density at radius 2 is 1.80 bits per heavy atom. The summed E-state index contributed by atoms with van der Waals surface area (Å²) in [5.41, 5.74) is 3.91. The molecule has 11 heteroatoms. The number of hydrogen-bond acceptors (Lipinski definition) is 9. The van der Waals surface area contributed by atoms with E-state index in [9.17, 15) is 9.59 Å². The number of nitrogens with zero attached hydrogens (tertiary/aromatic N) is 4. The van der Waals surface area contributed by atoms with E-state index >= 15 is 0 Å². The fourth-order valence-electron chi connectivity index (χ4n) is 4.35. The van der Waals surface area contributed by atoms with E-state index in [0.717, 1.165) is 16.6 Å². The van der Waals surface area contributed by atoms with E-state index in [-0.39, 0.29) is 11.7 Å². The highest BCUT2D eigenvalue weighted by Gasteiger charge is 2.17. The summed E-state index contributed by atoms with van der Waals surface area (Å²) in [5.74, 6) is 0.718. The van der Waals surface area contributed by atoms with Crippen LogP contribution in [0.5, 0.6) is 11.5 Å². The number of aromatic nitrogens is 5. The lowest BCUT2D eigenvalue weighted by atomic mass is 10.1. The van der Waals surface area contributed by atoms with E-state index in [1.165, 1.54) is 20.2 Å². The number of pyridine rings is 1. The molecule has 3 aromatic heterocycles. The molecule has 3 aromatic carbocycles. The number of rotatable bonds is 7. The lowest BCUT2D eigenvalue weighted by molar-refractivity contribution is -0.132. The molecule has 3 N–H and O–H groups in total. The zero-order chi connectivity index (χ0) is 28.3. The molecule has 0 atom stereocenters. The summed E-state index contributed by atoms with van der Waals surface area (Å²) in [6.45, 7) is 1.32. The molecule has 0 unspecified atom stereocenters. The zero-order valence-electron chi connectivity index (χ0n) is 22.0. The van der Waals surface area contributed by atoms with E-state index in [2.05, 4.69) is 25.8 Å². The molecule has 0 aliphatic carbocycles. The smallest absolute Gasteiger partial charge is 0.308 e. The quantitative estimate of drug-likeness (QED) is 0.175. The highest BCUT2D eigenvalue weighted by atomic mass is 16.6. The third kappa shape index (κ3) is 5.36. The van der Waals surface area contributed by atoms with Gasteiger partial charge in [-0.1, -0.05) is 12.1 Å². The van der Waals surface area contributed by atoms with Crippen LogP contribution in [0.15, 0.2) is 85.3 Å². The highest BCUT2D eigenvalue weighted by molar-refractivity contribution is 6.04. The molecule has 0 aliphatic rings. The standard InChI is InChI=1S/C30H23N7O4/c1-17(38)41-27-13-23-25(14-26(27)40-2)35-28(36-29(23)33-22-8-9-24-20(12-22)16-32-37-24)18-5-3-7-21(11-18)34-30(39)19-6-4-10-31-15-19/h3-16H,1-2H3,(H,32,37)(H,34,39)(H,33,35,36). The van der Waals surface area contributed by atoms with Crippen molar-refractivity contribution in [2.75, 3.05) is 17.7 Å². The Kier molecular flexibility index (Phi) is 6.66. The lowest BCUT2D eigenvalue weighted by Gasteiger charge is -2.15. The number of carbonyl (C=O) groups excluding carboxylic acids is 2. The molecule has 202 valence electrons. The predicted octanol–water partition coefficient (Wildman–Crippen LogP) is 5.50. The molecule has 41 heavy (non-hydrogen) atoms. The van der Waals surface area contributed by atoms with Crippen molar-refractivity contribution >= 4 is 50.9 Å². The van der Waals surface area contributed by atoms with E-state index in [1.54, 1.807) is 48.8 Å². The average molecular weight is 546 g/mol. The molecule has 6 rings (SSSR count). The number of hydrogen-bond donors (Lipinski definition) is 3. The van der Waals surface area contributed by atoms with Gasteiger partial charge in [-0.3, -0.25) is 19.7 Å². The van der Waals surface area contributed by atoms with Gasteiger partial charge in [0.05, 0.1) is 29.9 Å². The van der Waals surface area contributed by atoms with Gasteiger partial charge in [-0.25, -0.2) is 9.97 Å². The van der Waals surface area contributed by atoms with E-state index in [4.69, 9.17) is 19.4 Å². The number of amides is 1. The molecule has 0 saturated heterocycles. The molecule has 0 spiro atoms. The Morgan fingerprint density at radius 1 is 0.902 bits per heavy atom. The van der Waals surface area contributed by atoms with Crippen LogP contribution in [0.4, 0.5) is 17.2 Å². The molecular weight excluding hydrogens is 522 g/mol. The molecule has 0 saturated carbocycles. The van der Waals surface area contributed by atoms with Gasteiger partial charge in [0.2, 0.25) is 0 Å². The number of esters is 1. The lowest BCUT2D eigenvalue weighted by Crippen LogP contribution is -2.12. The number of carbonyl (C=O) groups is 2. The van der Waals surface area contributed by atoms with E-state index in [1.807, 2.05) is 30.3 Å². The third-order valence-electron chi connectivity index (χ3n) is 6.24. The summed E-state index contributed by atoms with van der Waals surface area (Å²) >= 11 is 0. The number of aromatic amines is 1. The first-order valence-corrected chi connectivity index (χ1v) is 12.6. The first kappa shape index (κ1) is 25.4. The molecule has 1 amide bonds. The van der Waals surface area contributed by atoms with Crippen molar-refractivity contribution in [3.63, 3.8) is 0 Å². The van der Waals surface area contributed by atoms with Crippen LogP contribution < -0.4 is 20.1 Å². The third-order valence-corrected chi connectivity index (χ3v) is 6.24. The molecule has 11 nitrogen and oxygen atoms in total. The van der Waals surface area contributed by atoms with Crippen LogP contribution in [0.25, 0.3) is 33.2 Å². The number of anilines is 3. The van der Waals surface area contributed by atoms with Crippen LogP contribution in [0, 0.1) is 0 Å². The second-order valence-corrected chi connectivity index (χ2v) is 9.08. The maximum absolute atomic E-state index is 12.7. The minimum absolute atomic E-state index is 0.247. The second kappa shape index (κ2) is 10.7. The SMILES string of the molecule is COc1cc2nc(-c3cccc(NC(=O)c4cccnc4)c3)nc(Nc3ccc4[nH]ncc4c3)c2cc1OC(C)=O. The first-order valence-electron chi connectivity index (χ1n) is 12.6. The Labute approximate surface area is 233 Å².